The Morgan fingerprint density at radius 3 is 2.09 bits per heavy atom. The smallest absolute Gasteiger partial charge is 0.475 e. The number of amides is 1. The third-order valence-electron chi connectivity index (χ3n) is 2.85. The lowest BCUT2D eigenvalue weighted by Gasteiger charge is -2.14. The molecule has 0 atom stereocenters. The number of carbonyl (C=O) groups is 2. The van der Waals surface area contributed by atoms with Gasteiger partial charge in [0.25, 0.3) is 0 Å². The highest BCUT2D eigenvalue weighted by Crippen LogP contribution is 2.19. The molecule has 1 aliphatic rings. The van der Waals surface area contributed by atoms with E-state index >= 15 is 0 Å². The average Bonchev–Trinajstić information content (AvgIpc) is 2.48. The van der Waals surface area contributed by atoms with Crippen molar-refractivity contribution in [3.05, 3.63) is 41.5 Å². The topological polar surface area (TPSA) is 92.4 Å². The number of benzene rings is 1. The Labute approximate surface area is 124 Å². The summed E-state index contributed by atoms with van der Waals surface area (Å²) in [6, 6.07) is 7.47. The predicted octanol–water partition coefficient (Wildman–Crippen LogP) is 1.80. The maximum Gasteiger partial charge on any atom is 0.490 e. The van der Waals surface area contributed by atoms with Crippen LogP contribution < -0.4 is 11.1 Å². The molecule has 1 amide bonds. The molecule has 0 bridgehead atoms. The summed E-state index contributed by atoms with van der Waals surface area (Å²) in [5.41, 5.74) is 8.26. The fraction of sp³-hybridized carbons (Fsp3) is 0.286. The zero-order valence-corrected chi connectivity index (χ0v) is 11.5. The predicted molar refractivity (Wildman–Crippen MR) is 74.1 cm³/mol. The van der Waals surface area contributed by atoms with Gasteiger partial charge in [-0.3, -0.25) is 4.79 Å². The van der Waals surface area contributed by atoms with Gasteiger partial charge in [0.2, 0.25) is 5.91 Å². The van der Waals surface area contributed by atoms with Crippen LogP contribution in [0.4, 0.5) is 13.2 Å². The van der Waals surface area contributed by atoms with Crippen molar-refractivity contribution in [1.29, 1.82) is 0 Å². The maximum atomic E-state index is 10.9. The van der Waals surface area contributed by atoms with Gasteiger partial charge in [0, 0.05) is 12.1 Å². The van der Waals surface area contributed by atoms with Gasteiger partial charge in [-0.2, -0.15) is 13.2 Å². The van der Waals surface area contributed by atoms with Crippen LogP contribution in [0.25, 0.3) is 5.57 Å². The molecule has 0 aliphatic carbocycles. The van der Waals surface area contributed by atoms with Gasteiger partial charge in [0.1, 0.15) is 0 Å². The van der Waals surface area contributed by atoms with Crippen LogP contribution in [-0.4, -0.2) is 36.2 Å². The number of aliphatic carboxylic acids is 1. The molecule has 8 heteroatoms. The fourth-order valence-corrected chi connectivity index (χ4v) is 1.73. The second-order valence-corrected chi connectivity index (χ2v) is 4.43. The van der Waals surface area contributed by atoms with Gasteiger partial charge >= 0.3 is 12.1 Å². The summed E-state index contributed by atoms with van der Waals surface area (Å²) in [7, 11) is 0. The molecular weight excluding hydrogens is 301 g/mol. The van der Waals surface area contributed by atoms with Crippen LogP contribution in [0.5, 0.6) is 0 Å². The molecule has 0 spiro atoms. The lowest BCUT2D eigenvalue weighted by Crippen LogP contribution is -2.21. The number of nitrogens with two attached hydrogens (primary N) is 1. The highest BCUT2D eigenvalue weighted by atomic mass is 19.4. The van der Waals surface area contributed by atoms with Gasteiger partial charge in [0.05, 0.1) is 0 Å². The summed E-state index contributed by atoms with van der Waals surface area (Å²) in [4.78, 5) is 19.8. The summed E-state index contributed by atoms with van der Waals surface area (Å²) in [6.45, 7) is 1.94. The van der Waals surface area contributed by atoms with Crippen LogP contribution in [0, 0.1) is 0 Å². The summed E-state index contributed by atoms with van der Waals surface area (Å²) in [5.74, 6) is -3.13. The third-order valence-corrected chi connectivity index (χ3v) is 2.85. The van der Waals surface area contributed by atoms with Crippen LogP contribution >= 0.6 is 0 Å². The number of alkyl halides is 3. The van der Waals surface area contributed by atoms with E-state index in [0.29, 0.717) is 5.56 Å². The van der Waals surface area contributed by atoms with Gasteiger partial charge in [-0.25, -0.2) is 4.79 Å². The van der Waals surface area contributed by atoms with E-state index in [1.807, 2.05) is 12.1 Å². The van der Waals surface area contributed by atoms with E-state index in [1.165, 1.54) is 11.1 Å². The van der Waals surface area contributed by atoms with E-state index in [-0.39, 0.29) is 5.91 Å². The number of halogens is 3. The number of nitrogens with one attached hydrogen (secondary N) is 1. The minimum atomic E-state index is -5.08. The van der Waals surface area contributed by atoms with Crippen molar-refractivity contribution in [3.63, 3.8) is 0 Å². The van der Waals surface area contributed by atoms with E-state index in [4.69, 9.17) is 15.6 Å². The van der Waals surface area contributed by atoms with Crippen LogP contribution in [0.3, 0.4) is 0 Å². The zero-order chi connectivity index (χ0) is 16.8. The van der Waals surface area contributed by atoms with Crippen molar-refractivity contribution in [1.82, 2.24) is 5.32 Å². The molecule has 0 unspecified atom stereocenters. The largest absolute Gasteiger partial charge is 0.490 e. The molecule has 2 rings (SSSR count). The van der Waals surface area contributed by atoms with Crippen molar-refractivity contribution in [2.24, 2.45) is 5.73 Å². The minimum Gasteiger partial charge on any atom is -0.475 e. The summed E-state index contributed by atoms with van der Waals surface area (Å²) < 4.78 is 31.7. The van der Waals surface area contributed by atoms with Crippen molar-refractivity contribution in [3.8, 4) is 0 Å². The first-order chi connectivity index (χ1) is 10.2. The fourth-order valence-electron chi connectivity index (χ4n) is 1.73. The van der Waals surface area contributed by atoms with Crippen molar-refractivity contribution < 1.29 is 27.9 Å². The van der Waals surface area contributed by atoms with E-state index in [0.717, 1.165) is 19.5 Å². The molecule has 1 aromatic rings. The number of carboxylic acids is 1. The Hall–Kier alpha value is -2.35. The monoisotopic (exact) mass is 316 g/mol. The number of primary amides is 1. The molecule has 1 heterocycles. The first-order valence-electron chi connectivity index (χ1n) is 6.32. The molecule has 1 aliphatic heterocycles. The minimum absolute atomic E-state index is 0.374. The first-order valence-corrected chi connectivity index (χ1v) is 6.32. The standard InChI is InChI=1S/C12H14N2O.C2HF3O2/c13-12(15)11-3-1-9(2-4-11)10-5-7-14-8-6-10;3-2(4,5)1(6)7/h1-5,14H,6-8H2,(H2,13,15);(H,6,7). The average molecular weight is 316 g/mol. The van der Waals surface area contributed by atoms with E-state index in [1.54, 1.807) is 12.1 Å². The molecule has 120 valence electrons. The van der Waals surface area contributed by atoms with Crippen LogP contribution in [0.2, 0.25) is 0 Å². The Morgan fingerprint density at radius 2 is 1.73 bits per heavy atom. The lowest BCUT2D eigenvalue weighted by molar-refractivity contribution is -0.192. The van der Waals surface area contributed by atoms with Gasteiger partial charge in [-0.05, 0) is 36.2 Å². The molecule has 0 fully saturated rings. The second kappa shape index (κ2) is 7.60. The molecule has 0 radical (unpaired) electrons. The van der Waals surface area contributed by atoms with E-state index in [2.05, 4.69) is 11.4 Å². The second-order valence-electron chi connectivity index (χ2n) is 4.43. The van der Waals surface area contributed by atoms with Gasteiger partial charge in [-0.15, -0.1) is 0 Å². The quantitative estimate of drug-likeness (QED) is 0.775. The SMILES string of the molecule is NC(=O)c1ccc(C2=CCNCC2)cc1.O=C(O)C(F)(F)F. The highest BCUT2D eigenvalue weighted by Gasteiger charge is 2.38. The first kappa shape index (κ1) is 17.7. The summed E-state index contributed by atoms with van der Waals surface area (Å²) in [6.07, 6.45) is -1.86. The van der Waals surface area contributed by atoms with Crippen LogP contribution in [0.15, 0.2) is 30.3 Å². The molecule has 1 aromatic carbocycles. The van der Waals surface area contributed by atoms with Gasteiger partial charge in [0.15, 0.2) is 0 Å². The third kappa shape index (κ3) is 5.57. The van der Waals surface area contributed by atoms with Gasteiger partial charge < -0.3 is 16.2 Å². The lowest BCUT2D eigenvalue weighted by atomic mass is 9.99. The highest BCUT2D eigenvalue weighted by molar-refractivity contribution is 5.93. The van der Waals surface area contributed by atoms with E-state index in [9.17, 15) is 18.0 Å². The van der Waals surface area contributed by atoms with Crippen molar-refractivity contribution in [2.45, 2.75) is 12.6 Å². The number of rotatable bonds is 2. The van der Waals surface area contributed by atoms with Gasteiger partial charge in [-0.1, -0.05) is 18.2 Å². The number of carboxylic acid groups (broad SMARTS) is 1. The summed E-state index contributed by atoms with van der Waals surface area (Å²) >= 11 is 0. The number of carbonyl (C=O) groups excluding carboxylic acids is 1. The number of hydrogen-bond acceptors (Lipinski definition) is 3. The molecule has 0 saturated carbocycles. The normalized spacial score (nSPS) is 14.4. The Morgan fingerprint density at radius 1 is 1.18 bits per heavy atom. The Balaban J connectivity index is 0.000000295. The van der Waals surface area contributed by atoms with Crippen molar-refractivity contribution >= 4 is 17.4 Å². The maximum absolute atomic E-state index is 10.9. The zero-order valence-electron chi connectivity index (χ0n) is 11.5. The molecule has 5 nitrogen and oxygen atoms in total. The van der Waals surface area contributed by atoms with E-state index < -0.39 is 12.1 Å². The molecule has 4 N–H and O–H groups in total. The Bertz CT molecular complexity index is 566. The van der Waals surface area contributed by atoms with Crippen LogP contribution in [-0.2, 0) is 4.79 Å². The molecule has 22 heavy (non-hydrogen) atoms. The summed E-state index contributed by atoms with van der Waals surface area (Å²) in [5, 5.41) is 10.4. The Kier molecular flexibility index (Phi) is 6.11. The molecular formula is C14H15F3N2O3. The molecule has 0 saturated heterocycles. The van der Waals surface area contributed by atoms with Crippen molar-refractivity contribution in [2.75, 3.05) is 13.1 Å². The molecule has 0 aromatic heterocycles. The van der Waals surface area contributed by atoms with Crippen LogP contribution in [0.1, 0.15) is 22.3 Å². The number of hydrogen-bond donors (Lipinski definition) is 3.